The molecule has 1 N–H and O–H groups in total. The maximum atomic E-state index is 12.0. The van der Waals surface area contributed by atoms with E-state index in [9.17, 15) is 9.59 Å². The van der Waals surface area contributed by atoms with Gasteiger partial charge in [0.05, 0.1) is 5.56 Å². The predicted octanol–water partition coefficient (Wildman–Crippen LogP) is 4.17. The Hall–Kier alpha value is -2.14. The Morgan fingerprint density at radius 3 is 2.43 bits per heavy atom. The summed E-state index contributed by atoms with van der Waals surface area (Å²) in [6.45, 7) is 5.43. The lowest BCUT2D eigenvalue weighted by Gasteiger charge is -2.09. The van der Waals surface area contributed by atoms with Crippen LogP contribution in [0.1, 0.15) is 27.0 Å². The number of nitrogens with one attached hydrogen (secondary N) is 1. The van der Waals surface area contributed by atoms with Gasteiger partial charge in [-0.2, -0.15) is 0 Å². The van der Waals surface area contributed by atoms with Gasteiger partial charge in [0.15, 0.2) is 6.61 Å². The number of hydrogen-bond acceptors (Lipinski definition) is 3. The second-order valence-electron chi connectivity index (χ2n) is 5.41. The smallest absolute Gasteiger partial charge is 0.338 e. The monoisotopic (exact) mass is 375 g/mol. The third-order valence-electron chi connectivity index (χ3n) is 3.39. The highest BCUT2D eigenvalue weighted by atomic mass is 79.9. The Balaban J connectivity index is 1.93. The Morgan fingerprint density at radius 2 is 1.78 bits per heavy atom. The molecule has 0 saturated heterocycles. The number of esters is 1. The molecule has 0 aliphatic heterocycles. The summed E-state index contributed by atoms with van der Waals surface area (Å²) in [5.41, 5.74) is 4.10. The molecule has 0 bridgehead atoms. The van der Waals surface area contributed by atoms with Crippen molar-refractivity contribution in [3.05, 3.63) is 63.1 Å². The first-order valence-electron chi connectivity index (χ1n) is 7.17. The molecule has 0 radical (unpaired) electrons. The summed E-state index contributed by atoms with van der Waals surface area (Å²) < 4.78 is 5.98. The van der Waals surface area contributed by atoms with Crippen LogP contribution in [0, 0.1) is 20.8 Å². The predicted molar refractivity (Wildman–Crippen MR) is 93.7 cm³/mol. The molecular formula is C18H18BrNO3. The van der Waals surface area contributed by atoms with Gasteiger partial charge in [0.2, 0.25) is 0 Å². The molecular weight excluding hydrogens is 358 g/mol. The third-order valence-corrected chi connectivity index (χ3v) is 4.25. The van der Waals surface area contributed by atoms with E-state index in [0.717, 1.165) is 21.2 Å². The second-order valence-corrected chi connectivity index (χ2v) is 6.26. The molecule has 0 atom stereocenters. The van der Waals surface area contributed by atoms with E-state index in [2.05, 4.69) is 21.2 Å². The molecule has 23 heavy (non-hydrogen) atoms. The van der Waals surface area contributed by atoms with Gasteiger partial charge < -0.3 is 10.1 Å². The van der Waals surface area contributed by atoms with Crippen LogP contribution in [0.5, 0.6) is 0 Å². The molecule has 1 amide bonds. The molecule has 0 unspecified atom stereocenters. The third kappa shape index (κ3) is 4.66. The standard InChI is InChI=1S/C18H18BrNO3/c1-11-4-7-15(13(3)8-11)18(22)23-10-17(21)20-14-6-5-12(2)16(19)9-14/h4-9H,10H2,1-3H3,(H,20,21). The van der Waals surface area contributed by atoms with Gasteiger partial charge in [-0.15, -0.1) is 0 Å². The number of carbonyl (C=O) groups is 2. The van der Waals surface area contributed by atoms with Crippen molar-refractivity contribution >= 4 is 33.5 Å². The SMILES string of the molecule is Cc1ccc(C(=O)OCC(=O)Nc2ccc(C)c(Br)c2)c(C)c1. The Labute approximate surface area is 144 Å². The quantitative estimate of drug-likeness (QED) is 0.815. The van der Waals surface area contributed by atoms with E-state index in [1.54, 1.807) is 18.2 Å². The van der Waals surface area contributed by atoms with Gasteiger partial charge in [-0.25, -0.2) is 4.79 Å². The number of carbonyl (C=O) groups excluding carboxylic acids is 2. The zero-order chi connectivity index (χ0) is 17.0. The number of ether oxygens (including phenoxy) is 1. The van der Waals surface area contributed by atoms with Crippen LogP contribution in [0.4, 0.5) is 5.69 Å². The van der Waals surface area contributed by atoms with Crippen molar-refractivity contribution in [3.8, 4) is 0 Å². The Bertz CT molecular complexity index is 756. The summed E-state index contributed by atoms with van der Waals surface area (Å²) >= 11 is 3.41. The van der Waals surface area contributed by atoms with Gasteiger partial charge in [0.25, 0.3) is 5.91 Å². The number of anilines is 1. The number of aryl methyl sites for hydroxylation is 3. The molecule has 2 rings (SSSR count). The maximum Gasteiger partial charge on any atom is 0.338 e. The molecule has 0 aromatic heterocycles. The van der Waals surface area contributed by atoms with Gasteiger partial charge >= 0.3 is 5.97 Å². The highest BCUT2D eigenvalue weighted by Crippen LogP contribution is 2.20. The molecule has 4 nitrogen and oxygen atoms in total. The van der Waals surface area contributed by atoms with E-state index in [4.69, 9.17) is 4.74 Å². The van der Waals surface area contributed by atoms with E-state index >= 15 is 0 Å². The molecule has 2 aromatic carbocycles. The summed E-state index contributed by atoms with van der Waals surface area (Å²) in [4.78, 5) is 23.9. The average Bonchev–Trinajstić information content (AvgIpc) is 2.48. The van der Waals surface area contributed by atoms with Crippen LogP contribution in [-0.2, 0) is 9.53 Å². The minimum absolute atomic E-state index is 0.322. The first kappa shape index (κ1) is 17.2. The lowest BCUT2D eigenvalue weighted by Crippen LogP contribution is -2.21. The summed E-state index contributed by atoms with van der Waals surface area (Å²) in [7, 11) is 0. The van der Waals surface area contributed by atoms with Crippen molar-refractivity contribution < 1.29 is 14.3 Å². The molecule has 0 aliphatic rings. The van der Waals surface area contributed by atoms with Gasteiger partial charge in [0.1, 0.15) is 0 Å². The number of halogens is 1. The van der Waals surface area contributed by atoms with Crippen LogP contribution in [-0.4, -0.2) is 18.5 Å². The number of benzene rings is 2. The van der Waals surface area contributed by atoms with Crippen molar-refractivity contribution in [3.63, 3.8) is 0 Å². The van der Waals surface area contributed by atoms with Crippen molar-refractivity contribution in [2.24, 2.45) is 0 Å². The van der Waals surface area contributed by atoms with Crippen molar-refractivity contribution in [1.29, 1.82) is 0 Å². The average molecular weight is 376 g/mol. The van der Waals surface area contributed by atoms with Gasteiger partial charge in [-0.1, -0.05) is 39.7 Å². The highest BCUT2D eigenvalue weighted by Gasteiger charge is 2.13. The molecule has 0 heterocycles. The van der Waals surface area contributed by atoms with Crippen molar-refractivity contribution in [1.82, 2.24) is 0 Å². The summed E-state index contributed by atoms with van der Waals surface area (Å²) in [5.74, 6) is -0.874. The zero-order valence-corrected chi connectivity index (χ0v) is 14.9. The first-order chi connectivity index (χ1) is 10.9. The van der Waals surface area contributed by atoms with Gasteiger partial charge in [-0.05, 0) is 50.1 Å². The lowest BCUT2D eigenvalue weighted by atomic mass is 10.1. The van der Waals surface area contributed by atoms with Crippen molar-refractivity contribution in [2.45, 2.75) is 20.8 Å². The normalized spacial score (nSPS) is 10.3. The van der Waals surface area contributed by atoms with Crippen LogP contribution in [0.2, 0.25) is 0 Å². The Kier molecular flexibility index (Phi) is 5.55. The molecule has 0 spiro atoms. The fourth-order valence-electron chi connectivity index (χ4n) is 2.12. The van der Waals surface area contributed by atoms with E-state index in [1.165, 1.54) is 0 Å². The molecule has 5 heteroatoms. The highest BCUT2D eigenvalue weighted by molar-refractivity contribution is 9.10. The summed E-state index contributed by atoms with van der Waals surface area (Å²) in [6, 6.07) is 10.9. The Morgan fingerprint density at radius 1 is 1.04 bits per heavy atom. The van der Waals surface area contributed by atoms with Crippen LogP contribution in [0.25, 0.3) is 0 Å². The number of amides is 1. The number of hydrogen-bond donors (Lipinski definition) is 1. The topological polar surface area (TPSA) is 55.4 Å². The van der Waals surface area contributed by atoms with Crippen LogP contribution in [0.15, 0.2) is 40.9 Å². The fourth-order valence-corrected chi connectivity index (χ4v) is 2.50. The summed E-state index contributed by atoms with van der Waals surface area (Å²) in [5, 5.41) is 2.69. The molecule has 0 saturated carbocycles. The first-order valence-corrected chi connectivity index (χ1v) is 7.96. The lowest BCUT2D eigenvalue weighted by molar-refractivity contribution is -0.119. The van der Waals surface area contributed by atoms with Crippen molar-refractivity contribution in [2.75, 3.05) is 11.9 Å². The molecule has 0 aliphatic carbocycles. The van der Waals surface area contributed by atoms with E-state index in [-0.39, 0.29) is 12.5 Å². The van der Waals surface area contributed by atoms with Gasteiger partial charge in [0, 0.05) is 10.2 Å². The van der Waals surface area contributed by atoms with Crippen LogP contribution in [0.3, 0.4) is 0 Å². The minimum atomic E-state index is -0.497. The van der Waals surface area contributed by atoms with Gasteiger partial charge in [-0.3, -0.25) is 4.79 Å². The van der Waals surface area contributed by atoms with E-state index in [0.29, 0.717) is 11.3 Å². The fraction of sp³-hybridized carbons (Fsp3) is 0.222. The van der Waals surface area contributed by atoms with Crippen LogP contribution >= 0.6 is 15.9 Å². The number of rotatable bonds is 4. The van der Waals surface area contributed by atoms with E-state index < -0.39 is 5.97 Å². The second kappa shape index (κ2) is 7.42. The molecule has 2 aromatic rings. The van der Waals surface area contributed by atoms with E-state index in [1.807, 2.05) is 39.0 Å². The molecule has 0 fully saturated rings. The summed E-state index contributed by atoms with van der Waals surface area (Å²) in [6.07, 6.45) is 0. The van der Waals surface area contributed by atoms with Crippen LogP contribution < -0.4 is 5.32 Å². The maximum absolute atomic E-state index is 12.0. The minimum Gasteiger partial charge on any atom is -0.452 e. The molecule has 120 valence electrons. The zero-order valence-electron chi connectivity index (χ0n) is 13.3. The largest absolute Gasteiger partial charge is 0.452 e.